The summed E-state index contributed by atoms with van der Waals surface area (Å²) in [5.41, 5.74) is 3.21. The summed E-state index contributed by atoms with van der Waals surface area (Å²) < 4.78 is 10.8. The summed E-state index contributed by atoms with van der Waals surface area (Å²) >= 11 is 1.64. The third kappa shape index (κ3) is 8.09. The zero-order valence-corrected chi connectivity index (χ0v) is 20.6. The summed E-state index contributed by atoms with van der Waals surface area (Å²) in [6, 6.07) is 21.7. The van der Waals surface area contributed by atoms with Crippen LogP contribution in [0.2, 0.25) is 0 Å². The van der Waals surface area contributed by atoms with Crippen LogP contribution in [0.3, 0.4) is 0 Å². The Hall–Kier alpha value is -3.00. The van der Waals surface area contributed by atoms with Gasteiger partial charge in [-0.1, -0.05) is 60.7 Å². The number of carbonyl (C=O) groups excluding carboxylic acids is 2. The summed E-state index contributed by atoms with van der Waals surface area (Å²) in [4.78, 5) is 30.8. The topological polar surface area (TPSA) is 59.1 Å². The first-order chi connectivity index (χ1) is 16.6. The molecule has 0 saturated heterocycles. The average Bonchev–Trinajstić information content (AvgIpc) is 3.26. The van der Waals surface area contributed by atoms with Crippen LogP contribution in [0.25, 0.3) is 0 Å². The van der Waals surface area contributed by atoms with E-state index in [-0.39, 0.29) is 25.0 Å². The van der Waals surface area contributed by atoms with Crippen LogP contribution in [-0.2, 0) is 38.8 Å². The molecule has 0 aliphatic heterocycles. The van der Waals surface area contributed by atoms with Crippen molar-refractivity contribution in [1.29, 1.82) is 0 Å². The highest BCUT2D eigenvalue weighted by molar-refractivity contribution is 7.10. The number of thiophene rings is 1. The fraction of sp³-hybridized carbons (Fsp3) is 0.333. The molecule has 2 aromatic carbocycles. The molecule has 2 amide bonds. The van der Waals surface area contributed by atoms with Crippen molar-refractivity contribution < 1.29 is 19.1 Å². The SMILES string of the molecule is COCCN(CC(=O)N(Cc1ccccc1)Cc1sccc1C)C(=O)COCc1ccccc1. The van der Waals surface area contributed by atoms with Gasteiger partial charge in [-0.15, -0.1) is 11.3 Å². The van der Waals surface area contributed by atoms with Gasteiger partial charge in [0.15, 0.2) is 0 Å². The normalized spacial score (nSPS) is 10.8. The summed E-state index contributed by atoms with van der Waals surface area (Å²) in [5.74, 6) is -0.336. The molecule has 0 aliphatic rings. The zero-order chi connectivity index (χ0) is 24.2. The van der Waals surface area contributed by atoms with Gasteiger partial charge in [0.25, 0.3) is 0 Å². The van der Waals surface area contributed by atoms with Crippen LogP contribution in [-0.4, -0.2) is 55.0 Å². The maximum Gasteiger partial charge on any atom is 0.249 e. The molecule has 0 fully saturated rings. The quantitative estimate of drug-likeness (QED) is 0.367. The number of nitrogens with zero attached hydrogens (tertiary/aromatic N) is 2. The lowest BCUT2D eigenvalue weighted by molar-refractivity contribution is -0.144. The molecule has 180 valence electrons. The highest BCUT2D eigenvalue weighted by Gasteiger charge is 2.22. The van der Waals surface area contributed by atoms with Gasteiger partial charge in [0.1, 0.15) is 6.61 Å². The van der Waals surface area contributed by atoms with E-state index in [2.05, 4.69) is 13.0 Å². The maximum absolute atomic E-state index is 13.4. The molecule has 34 heavy (non-hydrogen) atoms. The van der Waals surface area contributed by atoms with Crippen molar-refractivity contribution in [2.75, 3.05) is 33.4 Å². The van der Waals surface area contributed by atoms with Crippen molar-refractivity contribution in [1.82, 2.24) is 9.80 Å². The minimum Gasteiger partial charge on any atom is -0.383 e. The molecule has 0 bridgehead atoms. The molecule has 0 spiro atoms. The molecule has 0 N–H and O–H groups in total. The fourth-order valence-corrected chi connectivity index (χ4v) is 4.37. The molecule has 7 heteroatoms. The van der Waals surface area contributed by atoms with Gasteiger partial charge in [-0.3, -0.25) is 9.59 Å². The lowest BCUT2D eigenvalue weighted by Crippen LogP contribution is -2.45. The van der Waals surface area contributed by atoms with E-state index >= 15 is 0 Å². The third-order valence-electron chi connectivity index (χ3n) is 5.45. The van der Waals surface area contributed by atoms with E-state index in [1.807, 2.05) is 70.9 Å². The number of methoxy groups -OCH3 is 1. The van der Waals surface area contributed by atoms with Crippen LogP contribution in [0.5, 0.6) is 0 Å². The number of rotatable bonds is 13. The molecular weight excluding hydrogens is 448 g/mol. The first-order valence-electron chi connectivity index (χ1n) is 11.3. The van der Waals surface area contributed by atoms with Gasteiger partial charge in [0.05, 0.1) is 26.3 Å². The Morgan fingerprint density at radius 1 is 0.853 bits per heavy atom. The molecule has 1 heterocycles. The van der Waals surface area contributed by atoms with Crippen molar-refractivity contribution in [2.45, 2.75) is 26.6 Å². The lowest BCUT2D eigenvalue weighted by atomic mass is 10.2. The molecule has 0 atom stereocenters. The number of benzene rings is 2. The van der Waals surface area contributed by atoms with Crippen molar-refractivity contribution in [3.8, 4) is 0 Å². The van der Waals surface area contributed by atoms with Gasteiger partial charge in [-0.2, -0.15) is 0 Å². The predicted molar refractivity (Wildman–Crippen MR) is 134 cm³/mol. The van der Waals surface area contributed by atoms with Crippen LogP contribution in [0, 0.1) is 6.92 Å². The van der Waals surface area contributed by atoms with E-state index in [9.17, 15) is 9.59 Å². The molecule has 3 rings (SSSR count). The Kier molecular flexibility index (Phi) is 10.3. The summed E-state index contributed by atoms with van der Waals surface area (Å²) in [5, 5.41) is 2.04. The van der Waals surface area contributed by atoms with Crippen LogP contribution in [0.4, 0.5) is 0 Å². The Morgan fingerprint density at radius 2 is 1.53 bits per heavy atom. The highest BCUT2D eigenvalue weighted by Crippen LogP contribution is 2.19. The second-order valence-corrected chi connectivity index (χ2v) is 9.05. The van der Waals surface area contributed by atoms with E-state index in [0.717, 1.165) is 21.6 Å². The standard InChI is InChI=1S/C27H32N2O4S/c1-22-13-16-34-25(22)18-29(17-23-9-5-3-6-10-23)26(30)19-28(14-15-32-2)27(31)21-33-20-24-11-7-4-8-12-24/h3-13,16H,14-15,17-21H2,1-2H3. The van der Waals surface area contributed by atoms with Crippen molar-refractivity contribution >= 4 is 23.2 Å². The van der Waals surface area contributed by atoms with Gasteiger partial charge in [0, 0.05) is 25.1 Å². The van der Waals surface area contributed by atoms with Crippen LogP contribution in [0.15, 0.2) is 72.1 Å². The Bertz CT molecular complexity index is 1020. The number of ether oxygens (including phenoxy) is 2. The van der Waals surface area contributed by atoms with E-state index in [4.69, 9.17) is 9.47 Å². The molecule has 0 unspecified atom stereocenters. The van der Waals surface area contributed by atoms with Gasteiger partial charge in [-0.05, 0) is 35.1 Å². The monoisotopic (exact) mass is 480 g/mol. The number of carbonyl (C=O) groups is 2. The molecular formula is C27H32N2O4S. The Balaban J connectivity index is 1.66. The summed E-state index contributed by atoms with van der Waals surface area (Å²) in [7, 11) is 1.58. The van der Waals surface area contributed by atoms with Crippen molar-refractivity contribution in [3.05, 3.63) is 93.7 Å². The summed E-state index contributed by atoms with van der Waals surface area (Å²) in [6.07, 6.45) is 0. The van der Waals surface area contributed by atoms with E-state index in [1.54, 1.807) is 18.4 Å². The van der Waals surface area contributed by atoms with Crippen LogP contribution in [0.1, 0.15) is 21.6 Å². The van der Waals surface area contributed by atoms with E-state index in [0.29, 0.717) is 32.8 Å². The molecule has 6 nitrogen and oxygen atoms in total. The molecule has 0 radical (unpaired) electrons. The number of hydrogen-bond donors (Lipinski definition) is 0. The Morgan fingerprint density at radius 3 is 2.15 bits per heavy atom. The third-order valence-corrected chi connectivity index (χ3v) is 6.46. The molecule has 1 aromatic heterocycles. The van der Waals surface area contributed by atoms with E-state index < -0.39 is 0 Å². The van der Waals surface area contributed by atoms with Crippen LogP contribution < -0.4 is 0 Å². The zero-order valence-electron chi connectivity index (χ0n) is 19.8. The average molecular weight is 481 g/mol. The number of aryl methyl sites for hydroxylation is 1. The Labute approximate surface area is 205 Å². The predicted octanol–water partition coefficient (Wildman–Crippen LogP) is 4.28. The molecule has 0 saturated carbocycles. The first kappa shape index (κ1) is 25.6. The minimum absolute atomic E-state index is 0.0197. The van der Waals surface area contributed by atoms with Gasteiger partial charge in [-0.25, -0.2) is 0 Å². The second-order valence-electron chi connectivity index (χ2n) is 8.05. The van der Waals surface area contributed by atoms with E-state index in [1.165, 1.54) is 4.90 Å². The first-order valence-corrected chi connectivity index (χ1v) is 12.2. The number of amides is 2. The fourth-order valence-electron chi connectivity index (χ4n) is 3.45. The van der Waals surface area contributed by atoms with Crippen LogP contribution >= 0.6 is 11.3 Å². The van der Waals surface area contributed by atoms with Gasteiger partial charge >= 0.3 is 0 Å². The second kappa shape index (κ2) is 13.6. The minimum atomic E-state index is -0.228. The van der Waals surface area contributed by atoms with Crippen molar-refractivity contribution in [2.24, 2.45) is 0 Å². The largest absolute Gasteiger partial charge is 0.383 e. The number of hydrogen-bond acceptors (Lipinski definition) is 5. The van der Waals surface area contributed by atoms with Gasteiger partial charge < -0.3 is 19.3 Å². The summed E-state index contributed by atoms with van der Waals surface area (Å²) in [6.45, 7) is 3.95. The lowest BCUT2D eigenvalue weighted by Gasteiger charge is -2.28. The van der Waals surface area contributed by atoms with Gasteiger partial charge in [0.2, 0.25) is 11.8 Å². The maximum atomic E-state index is 13.4. The smallest absolute Gasteiger partial charge is 0.249 e. The van der Waals surface area contributed by atoms with Crippen molar-refractivity contribution in [3.63, 3.8) is 0 Å². The molecule has 0 aliphatic carbocycles. The highest BCUT2D eigenvalue weighted by atomic mass is 32.1. The molecule has 3 aromatic rings.